The fraction of sp³-hybridized carbons (Fsp3) is 0.444. The average Bonchev–Trinajstić information content (AvgIpc) is 2.05. The van der Waals surface area contributed by atoms with Crippen molar-refractivity contribution >= 4 is 9.84 Å². The highest BCUT2D eigenvalue weighted by Gasteiger charge is 2.12. The van der Waals surface area contributed by atoms with Gasteiger partial charge in [-0.15, -0.1) is 0 Å². The van der Waals surface area contributed by atoms with Crippen molar-refractivity contribution in [2.75, 3.05) is 5.75 Å². The molecule has 0 spiro atoms. The second-order valence-corrected chi connectivity index (χ2v) is 5.06. The number of aryl methyl sites for hydroxylation is 1. The first-order valence-corrected chi connectivity index (χ1v) is 5.87. The van der Waals surface area contributed by atoms with E-state index in [4.69, 9.17) is 0 Å². The molecule has 4 heteroatoms. The van der Waals surface area contributed by atoms with Gasteiger partial charge in [-0.3, -0.25) is 4.98 Å². The molecular formula is C9H13NO2S. The molecule has 0 fully saturated rings. The van der Waals surface area contributed by atoms with Gasteiger partial charge < -0.3 is 0 Å². The third kappa shape index (κ3) is 2.52. The van der Waals surface area contributed by atoms with Crippen LogP contribution in [0, 0.1) is 6.92 Å². The summed E-state index contributed by atoms with van der Waals surface area (Å²) in [4.78, 5) is 4.27. The summed E-state index contributed by atoms with van der Waals surface area (Å²) >= 11 is 0. The number of hydrogen-bond acceptors (Lipinski definition) is 3. The minimum absolute atomic E-state index is 0.192. The van der Waals surface area contributed by atoms with Gasteiger partial charge in [0.05, 0.1) is 10.6 Å². The average molecular weight is 199 g/mol. The van der Waals surface area contributed by atoms with Crippen LogP contribution in [0.3, 0.4) is 0 Å². The third-order valence-electron chi connectivity index (χ3n) is 1.72. The maximum absolute atomic E-state index is 11.5. The molecule has 1 rings (SSSR count). The smallest absolute Gasteiger partial charge is 0.179 e. The topological polar surface area (TPSA) is 47.0 Å². The summed E-state index contributed by atoms with van der Waals surface area (Å²) in [7, 11) is -3.09. The number of rotatable bonds is 3. The lowest BCUT2D eigenvalue weighted by molar-refractivity contribution is 0.594. The molecule has 0 aliphatic heterocycles. The second kappa shape index (κ2) is 3.87. The van der Waals surface area contributed by atoms with Crippen LogP contribution in [0.2, 0.25) is 0 Å². The van der Waals surface area contributed by atoms with E-state index in [9.17, 15) is 8.42 Å². The lowest BCUT2D eigenvalue weighted by Gasteiger charge is -2.01. The molecule has 0 N–H and O–H groups in total. The molecule has 1 heterocycles. The van der Waals surface area contributed by atoms with E-state index in [-0.39, 0.29) is 5.75 Å². The van der Waals surface area contributed by atoms with Gasteiger partial charge in [0.2, 0.25) is 0 Å². The molecule has 0 amide bonds. The number of sulfone groups is 1. The van der Waals surface area contributed by atoms with Gasteiger partial charge in [0.1, 0.15) is 0 Å². The van der Waals surface area contributed by atoms with E-state index in [1.807, 2.05) is 13.8 Å². The third-order valence-corrected chi connectivity index (χ3v) is 3.62. The molecule has 1 aromatic heterocycles. The Morgan fingerprint density at radius 3 is 2.54 bits per heavy atom. The van der Waals surface area contributed by atoms with Crippen molar-refractivity contribution in [3.05, 3.63) is 24.0 Å². The fourth-order valence-corrected chi connectivity index (χ4v) is 2.29. The van der Waals surface area contributed by atoms with Crippen LogP contribution in [0.25, 0.3) is 0 Å². The van der Waals surface area contributed by atoms with Crippen molar-refractivity contribution in [2.24, 2.45) is 0 Å². The summed E-state index contributed by atoms with van der Waals surface area (Å²) in [5, 5.41) is 0. The minimum atomic E-state index is -3.09. The van der Waals surface area contributed by atoms with E-state index < -0.39 is 9.84 Å². The van der Waals surface area contributed by atoms with Crippen LogP contribution >= 0.6 is 0 Å². The van der Waals surface area contributed by atoms with Gasteiger partial charge in [-0.1, -0.05) is 6.92 Å². The Hall–Kier alpha value is -0.900. The molecule has 0 saturated carbocycles. The number of nitrogens with zero attached hydrogens (tertiary/aromatic N) is 1. The molecule has 1 aromatic rings. The maximum Gasteiger partial charge on any atom is 0.179 e. The molecule has 0 aliphatic carbocycles. The zero-order chi connectivity index (χ0) is 9.90. The predicted octanol–water partition coefficient (Wildman–Crippen LogP) is 1.57. The normalized spacial score (nSPS) is 11.5. The van der Waals surface area contributed by atoms with Gasteiger partial charge in [-0.2, -0.15) is 0 Å². The van der Waals surface area contributed by atoms with Crippen LogP contribution in [0.5, 0.6) is 0 Å². The quantitative estimate of drug-likeness (QED) is 0.742. The highest BCUT2D eigenvalue weighted by molar-refractivity contribution is 7.91. The fourth-order valence-electron chi connectivity index (χ4n) is 1.02. The van der Waals surface area contributed by atoms with Gasteiger partial charge >= 0.3 is 0 Å². The molecule has 0 unspecified atom stereocenters. The van der Waals surface area contributed by atoms with E-state index in [1.165, 1.54) is 6.20 Å². The standard InChI is InChI=1S/C9H13NO2S/c1-3-6-13(11,12)9-5-4-8(2)10-7-9/h4-5,7H,3,6H2,1-2H3. The summed E-state index contributed by atoms with van der Waals surface area (Å²) in [5.74, 6) is 0.192. The van der Waals surface area contributed by atoms with Crippen LogP contribution in [0.1, 0.15) is 19.0 Å². The van der Waals surface area contributed by atoms with Crippen LogP contribution in [0.15, 0.2) is 23.2 Å². The first kappa shape index (κ1) is 10.2. The summed E-state index contributed by atoms with van der Waals surface area (Å²) in [5.41, 5.74) is 0.829. The summed E-state index contributed by atoms with van der Waals surface area (Å²) in [6.45, 7) is 3.68. The predicted molar refractivity (Wildman–Crippen MR) is 51.3 cm³/mol. The highest BCUT2D eigenvalue weighted by atomic mass is 32.2. The molecular weight excluding hydrogens is 186 g/mol. The summed E-state index contributed by atoms with van der Waals surface area (Å²) in [6, 6.07) is 3.32. The number of aromatic nitrogens is 1. The minimum Gasteiger partial charge on any atom is -0.260 e. The van der Waals surface area contributed by atoms with E-state index in [0.29, 0.717) is 11.3 Å². The van der Waals surface area contributed by atoms with Crippen LogP contribution in [0.4, 0.5) is 0 Å². The molecule has 0 bridgehead atoms. The Morgan fingerprint density at radius 2 is 2.08 bits per heavy atom. The monoisotopic (exact) mass is 199 g/mol. The Morgan fingerprint density at radius 1 is 1.38 bits per heavy atom. The zero-order valence-corrected chi connectivity index (χ0v) is 8.63. The first-order chi connectivity index (χ1) is 6.06. The van der Waals surface area contributed by atoms with Gasteiger partial charge in [0.25, 0.3) is 0 Å². The van der Waals surface area contributed by atoms with E-state index >= 15 is 0 Å². The van der Waals surface area contributed by atoms with Crippen LogP contribution in [-0.2, 0) is 9.84 Å². The van der Waals surface area contributed by atoms with Crippen molar-refractivity contribution in [1.82, 2.24) is 4.98 Å². The van der Waals surface area contributed by atoms with E-state index in [0.717, 1.165) is 5.69 Å². The highest BCUT2D eigenvalue weighted by Crippen LogP contribution is 2.10. The van der Waals surface area contributed by atoms with Gasteiger partial charge in [-0.25, -0.2) is 8.42 Å². The second-order valence-electron chi connectivity index (χ2n) is 2.95. The molecule has 0 saturated heterocycles. The molecule has 13 heavy (non-hydrogen) atoms. The van der Waals surface area contributed by atoms with Gasteiger partial charge in [0.15, 0.2) is 9.84 Å². The Balaban J connectivity index is 3.02. The van der Waals surface area contributed by atoms with Crippen LogP contribution < -0.4 is 0 Å². The summed E-state index contributed by atoms with van der Waals surface area (Å²) in [6.07, 6.45) is 2.05. The maximum atomic E-state index is 11.5. The SMILES string of the molecule is CCCS(=O)(=O)c1ccc(C)nc1. The number of hydrogen-bond donors (Lipinski definition) is 0. The van der Waals surface area contributed by atoms with Crippen LogP contribution in [-0.4, -0.2) is 19.2 Å². The van der Waals surface area contributed by atoms with Gasteiger partial charge in [-0.05, 0) is 25.5 Å². The first-order valence-electron chi connectivity index (χ1n) is 4.21. The van der Waals surface area contributed by atoms with Crippen molar-refractivity contribution in [2.45, 2.75) is 25.2 Å². The Bertz CT molecular complexity index is 367. The molecule has 72 valence electrons. The molecule has 0 atom stereocenters. The molecule has 3 nitrogen and oxygen atoms in total. The molecule has 0 aromatic carbocycles. The zero-order valence-electron chi connectivity index (χ0n) is 7.82. The van der Waals surface area contributed by atoms with Crippen molar-refractivity contribution in [1.29, 1.82) is 0 Å². The van der Waals surface area contributed by atoms with Gasteiger partial charge in [0, 0.05) is 11.9 Å². The Kier molecular flexibility index (Phi) is 3.03. The molecule has 0 aliphatic rings. The lowest BCUT2D eigenvalue weighted by atomic mass is 10.4. The van der Waals surface area contributed by atoms with E-state index in [1.54, 1.807) is 12.1 Å². The number of pyridine rings is 1. The molecule has 0 radical (unpaired) electrons. The van der Waals surface area contributed by atoms with E-state index in [2.05, 4.69) is 4.98 Å². The van der Waals surface area contributed by atoms with Crippen molar-refractivity contribution in [3.8, 4) is 0 Å². The van der Waals surface area contributed by atoms with Crippen molar-refractivity contribution < 1.29 is 8.42 Å². The summed E-state index contributed by atoms with van der Waals surface area (Å²) < 4.78 is 23.0. The van der Waals surface area contributed by atoms with Crippen molar-refractivity contribution in [3.63, 3.8) is 0 Å². The largest absolute Gasteiger partial charge is 0.260 e. The Labute approximate surface area is 78.7 Å². The lowest BCUT2D eigenvalue weighted by Crippen LogP contribution is -2.06.